The zero-order chi connectivity index (χ0) is 19.5. The van der Waals surface area contributed by atoms with Crippen molar-refractivity contribution < 1.29 is 9.18 Å². The first-order chi connectivity index (χ1) is 13.6. The predicted octanol–water partition coefficient (Wildman–Crippen LogP) is 4.06. The van der Waals surface area contributed by atoms with E-state index in [1.54, 1.807) is 12.1 Å². The van der Waals surface area contributed by atoms with E-state index < -0.39 is 0 Å². The van der Waals surface area contributed by atoms with E-state index in [0.717, 1.165) is 32.6 Å². The zero-order valence-electron chi connectivity index (χ0n) is 16.3. The average Bonchev–Trinajstić information content (AvgIpc) is 3.34. The van der Waals surface area contributed by atoms with Crippen molar-refractivity contribution in [3.05, 3.63) is 52.5 Å². The van der Waals surface area contributed by atoms with E-state index in [1.807, 2.05) is 11.3 Å². The number of carbonyl (C=O) groups excluding carboxylic acids is 1. The van der Waals surface area contributed by atoms with Crippen LogP contribution in [0.4, 0.5) is 10.1 Å². The lowest BCUT2D eigenvalue weighted by Crippen LogP contribution is -2.41. The van der Waals surface area contributed by atoms with Gasteiger partial charge in [-0.25, -0.2) is 4.39 Å². The van der Waals surface area contributed by atoms with Gasteiger partial charge in [-0.2, -0.15) is 0 Å². The Labute approximate surface area is 170 Å². The third-order valence-corrected chi connectivity index (χ3v) is 7.08. The van der Waals surface area contributed by atoms with Gasteiger partial charge >= 0.3 is 0 Å². The molecule has 2 unspecified atom stereocenters. The Hall–Kier alpha value is -1.76. The molecule has 0 bridgehead atoms. The summed E-state index contributed by atoms with van der Waals surface area (Å²) < 4.78 is 13.0. The summed E-state index contributed by atoms with van der Waals surface area (Å²) in [5.74, 6) is 0.428. The van der Waals surface area contributed by atoms with Crippen molar-refractivity contribution in [1.82, 2.24) is 9.80 Å². The molecule has 3 heterocycles. The quantitative estimate of drug-likeness (QED) is 0.821. The summed E-state index contributed by atoms with van der Waals surface area (Å²) in [5, 5.41) is 5.09. The summed E-state index contributed by atoms with van der Waals surface area (Å²) in [6.07, 6.45) is 3.32. The van der Waals surface area contributed by atoms with E-state index in [0.29, 0.717) is 17.6 Å². The number of anilines is 1. The van der Waals surface area contributed by atoms with Crippen LogP contribution in [0.2, 0.25) is 0 Å². The molecule has 1 N–H and O–H groups in total. The number of nitrogens with zero attached hydrogens (tertiary/aromatic N) is 2. The monoisotopic (exact) mass is 401 g/mol. The summed E-state index contributed by atoms with van der Waals surface area (Å²) in [5.41, 5.74) is 0.666. The van der Waals surface area contributed by atoms with E-state index in [4.69, 9.17) is 0 Å². The number of hydrogen-bond donors (Lipinski definition) is 1. The second-order valence-corrected chi connectivity index (χ2v) is 9.16. The molecule has 6 heteroatoms. The maximum atomic E-state index is 13.0. The normalized spacial score (nSPS) is 24.5. The van der Waals surface area contributed by atoms with Crippen LogP contribution in [-0.2, 0) is 11.3 Å². The molecule has 1 amide bonds. The standard InChI is InChI=1S/C22H28FN3OS/c1-25-14-17(22(27)24-19-6-4-18(23)5-7-19)13-21(25)16-8-10-26(11-9-16)15-20-3-2-12-28-20/h2-7,12,16-17,21H,8-11,13-15H2,1H3,(H,24,27). The van der Waals surface area contributed by atoms with Crippen LogP contribution >= 0.6 is 11.3 Å². The van der Waals surface area contributed by atoms with Gasteiger partial charge in [-0.05, 0) is 81.0 Å². The smallest absolute Gasteiger partial charge is 0.228 e. The fraction of sp³-hybridized carbons (Fsp3) is 0.500. The Morgan fingerprint density at radius 1 is 1.21 bits per heavy atom. The van der Waals surface area contributed by atoms with Gasteiger partial charge in [0.2, 0.25) is 5.91 Å². The van der Waals surface area contributed by atoms with Crippen molar-refractivity contribution in [2.45, 2.75) is 31.8 Å². The van der Waals surface area contributed by atoms with Gasteiger partial charge in [0.05, 0.1) is 5.92 Å². The van der Waals surface area contributed by atoms with E-state index in [-0.39, 0.29) is 17.6 Å². The van der Waals surface area contributed by atoms with E-state index in [1.165, 1.54) is 29.9 Å². The van der Waals surface area contributed by atoms with Gasteiger partial charge in [-0.3, -0.25) is 9.69 Å². The van der Waals surface area contributed by atoms with Crippen molar-refractivity contribution >= 4 is 22.9 Å². The molecule has 150 valence electrons. The molecule has 2 aromatic rings. The van der Waals surface area contributed by atoms with Gasteiger partial charge in [0.15, 0.2) is 0 Å². The van der Waals surface area contributed by atoms with Crippen LogP contribution in [0.5, 0.6) is 0 Å². The number of likely N-dealkylation sites (tertiary alicyclic amines) is 2. The molecule has 1 aromatic heterocycles. The van der Waals surface area contributed by atoms with Gasteiger partial charge in [-0.15, -0.1) is 11.3 Å². The van der Waals surface area contributed by atoms with Crippen molar-refractivity contribution in [2.24, 2.45) is 11.8 Å². The van der Waals surface area contributed by atoms with Gasteiger partial charge in [0, 0.05) is 29.7 Å². The minimum Gasteiger partial charge on any atom is -0.326 e. The highest BCUT2D eigenvalue weighted by Crippen LogP contribution is 2.34. The maximum absolute atomic E-state index is 13.0. The summed E-state index contributed by atoms with van der Waals surface area (Å²) in [4.78, 5) is 19.0. The zero-order valence-corrected chi connectivity index (χ0v) is 17.1. The fourth-order valence-corrected chi connectivity index (χ4v) is 5.41. The Morgan fingerprint density at radius 2 is 1.96 bits per heavy atom. The largest absolute Gasteiger partial charge is 0.326 e. The number of halogens is 1. The number of carbonyl (C=O) groups is 1. The second-order valence-electron chi connectivity index (χ2n) is 8.13. The predicted molar refractivity (Wildman–Crippen MR) is 112 cm³/mol. The molecule has 2 aliphatic rings. The number of nitrogens with one attached hydrogen (secondary N) is 1. The average molecular weight is 402 g/mol. The van der Waals surface area contributed by atoms with Gasteiger partial charge in [-0.1, -0.05) is 6.07 Å². The minimum atomic E-state index is -0.288. The van der Waals surface area contributed by atoms with Crippen LogP contribution in [0.15, 0.2) is 41.8 Å². The number of rotatable bonds is 5. The van der Waals surface area contributed by atoms with Crippen LogP contribution in [0.1, 0.15) is 24.1 Å². The Balaban J connectivity index is 1.28. The third-order valence-electron chi connectivity index (χ3n) is 6.22. The van der Waals surface area contributed by atoms with Crippen molar-refractivity contribution in [3.63, 3.8) is 0 Å². The Bertz CT molecular complexity index is 772. The van der Waals surface area contributed by atoms with E-state index in [2.05, 4.69) is 39.7 Å². The van der Waals surface area contributed by atoms with Crippen molar-refractivity contribution in [1.29, 1.82) is 0 Å². The lowest BCUT2D eigenvalue weighted by molar-refractivity contribution is -0.119. The molecule has 0 aliphatic carbocycles. The third kappa shape index (κ3) is 4.62. The van der Waals surface area contributed by atoms with Crippen molar-refractivity contribution in [3.8, 4) is 0 Å². The number of amides is 1. The molecule has 4 rings (SSSR count). The van der Waals surface area contributed by atoms with Gasteiger partial charge in [0.25, 0.3) is 0 Å². The van der Waals surface area contributed by atoms with Gasteiger partial charge in [0.1, 0.15) is 5.82 Å². The molecule has 0 radical (unpaired) electrons. The van der Waals surface area contributed by atoms with Crippen molar-refractivity contribution in [2.75, 3.05) is 32.0 Å². The highest BCUT2D eigenvalue weighted by molar-refractivity contribution is 7.09. The minimum absolute atomic E-state index is 0.00389. The highest BCUT2D eigenvalue weighted by atomic mass is 32.1. The summed E-state index contributed by atoms with van der Waals surface area (Å²) >= 11 is 1.83. The van der Waals surface area contributed by atoms with E-state index >= 15 is 0 Å². The number of benzene rings is 1. The molecular formula is C22H28FN3OS. The van der Waals surface area contributed by atoms with Crippen LogP contribution < -0.4 is 5.32 Å². The number of piperidine rings is 1. The topological polar surface area (TPSA) is 35.6 Å². The molecule has 0 saturated carbocycles. The van der Waals surface area contributed by atoms with E-state index in [9.17, 15) is 9.18 Å². The first-order valence-electron chi connectivity index (χ1n) is 10.1. The maximum Gasteiger partial charge on any atom is 0.228 e. The second kappa shape index (κ2) is 8.72. The molecule has 2 fully saturated rings. The van der Waals surface area contributed by atoms with Crippen LogP contribution in [0, 0.1) is 17.7 Å². The Kier molecular flexibility index (Phi) is 6.09. The molecule has 28 heavy (non-hydrogen) atoms. The molecule has 2 saturated heterocycles. The number of hydrogen-bond acceptors (Lipinski definition) is 4. The highest BCUT2D eigenvalue weighted by Gasteiger charge is 2.39. The molecule has 4 nitrogen and oxygen atoms in total. The molecular weight excluding hydrogens is 373 g/mol. The van der Waals surface area contributed by atoms with Crippen LogP contribution in [-0.4, -0.2) is 48.4 Å². The molecule has 2 aliphatic heterocycles. The molecule has 0 spiro atoms. The van der Waals surface area contributed by atoms with Gasteiger partial charge < -0.3 is 10.2 Å². The summed E-state index contributed by atoms with van der Waals surface area (Å²) in [7, 11) is 2.15. The van der Waals surface area contributed by atoms with Crippen LogP contribution in [0.3, 0.4) is 0 Å². The SMILES string of the molecule is CN1CC(C(=O)Nc2ccc(F)cc2)CC1C1CCN(Cc2cccs2)CC1. The molecule has 1 aromatic carbocycles. The number of thiophene rings is 1. The molecule has 2 atom stereocenters. The first-order valence-corrected chi connectivity index (χ1v) is 11.0. The Morgan fingerprint density at radius 3 is 2.64 bits per heavy atom. The first kappa shape index (κ1) is 19.6. The lowest BCUT2D eigenvalue weighted by atomic mass is 9.86. The van der Waals surface area contributed by atoms with Crippen LogP contribution in [0.25, 0.3) is 0 Å². The fourth-order valence-electron chi connectivity index (χ4n) is 4.67. The summed E-state index contributed by atoms with van der Waals surface area (Å²) in [6.45, 7) is 4.14. The lowest BCUT2D eigenvalue weighted by Gasteiger charge is -2.36. The summed E-state index contributed by atoms with van der Waals surface area (Å²) in [6, 6.07) is 10.8.